The van der Waals surface area contributed by atoms with Gasteiger partial charge in [0.2, 0.25) is 10.0 Å². The molecule has 2 aromatic carbocycles. The number of morpholine rings is 1. The minimum Gasteiger partial charge on any atom is -0.373 e. The lowest BCUT2D eigenvalue weighted by molar-refractivity contribution is -0.0704. The van der Waals surface area contributed by atoms with Crippen LogP contribution in [0.4, 0.5) is 5.69 Å². The van der Waals surface area contributed by atoms with Gasteiger partial charge in [-0.2, -0.15) is 4.31 Å². The van der Waals surface area contributed by atoms with E-state index in [1.54, 1.807) is 28.6 Å². The molecule has 34 heavy (non-hydrogen) atoms. The van der Waals surface area contributed by atoms with E-state index in [1.165, 1.54) is 0 Å². The molecule has 3 atom stereocenters. The van der Waals surface area contributed by atoms with Gasteiger partial charge in [-0.15, -0.1) is 0 Å². The number of sulfonamides is 1. The van der Waals surface area contributed by atoms with Crippen LogP contribution >= 0.6 is 0 Å². The predicted molar refractivity (Wildman–Crippen MR) is 133 cm³/mol. The summed E-state index contributed by atoms with van der Waals surface area (Å²) in [7, 11) is -3.51. The summed E-state index contributed by atoms with van der Waals surface area (Å²) < 4.78 is 33.2. The Labute approximate surface area is 203 Å². The molecule has 1 N–H and O–H groups in total. The van der Waals surface area contributed by atoms with E-state index < -0.39 is 10.0 Å². The molecule has 184 valence electrons. The maximum absolute atomic E-state index is 12.9. The summed E-state index contributed by atoms with van der Waals surface area (Å²) in [5, 5.41) is 2.86. The first kappa shape index (κ1) is 24.9. The van der Waals surface area contributed by atoms with Crippen molar-refractivity contribution in [3.63, 3.8) is 0 Å². The lowest BCUT2D eigenvalue weighted by Gasteiger charge is -2.35. The Hall–Kier alpha value is -2.26. The molecule has 3 unspecified atom stereocenters. The van der Waals surface area contributed by atoms with Crippen LogP contribution < -0.4 is 5.32 Å². The minimum absolute atomic E-state index is 0.221. The number of hydrogen-bond acceptors (Lipinski definition) is 5. The van der Waals surface area contributed by atoms with E-state index in [-0.39, 0.29) is 23.0 Å². The van der Waals surface area contributed by atoms with E-state index in [9.17, 15) is 13.2 Å². The van der Waals surface area contributed by atoms with Crippen LogP contribution in [0.5, 0.6) is 0 Å². The van der Waals surface area contributed by atoms with Crippen molar-refractivity contribution in [2.75, 3.05) is 31.5 Å². The first-order valence-corrected chi connectivity index (χ1v) is 13.5. The number of amides is 1. The number of benzene rings is 2. The van der Waals surface area contributed by atoms with Crippen molar-refractivity contribution in [1.82, 2.24) is 9.21 Å². The molecule has 8 heteroatoms. The Bertz CT molecular complexity index is 1080. The monoisotopic (exact) mass is 485 g/mol. The second kappa shape index (κ2) is 10.6. The maximum atomic E-state index is 12.9. The third-order valence-electron chi connectivity index (χ3n) is 6.49. The van der Waals surface area contributed by atoms with Crippen LogP contribution in [-0.4, -0.2) is 61.9 Å². The molecule has 7 nitrogen and oxygen atoms in total. The maximum Gasteiger partial charge on any atom is 0.255 e. The number of hydrogen-bond donors (Lipinski definition) is 1. The van der Waals surface area contributed by atoms with Gasteiger partial charge in [-0.3, -0.25) is 9.69 Å². The zero-order valence-electron chi connectivity index (χ0n) is 20.2. The molecule has 2 fully saturated rings. The van der Waals surface area contributed by atoms with E-state index in [4.69, 9.17) is 4.74 Å². The fourth-order valence-corrected chi connectivity index (χ4v) is 6.46. The molecule has 2 saturated heterocycles. The standard InChI is InChI=1S/C26H35N3O4S/c1-19-5-4-14-29(15-19)34(31,32)25-12-10-24(11-13-25)27-26(30)23-8-6-22(7-9-23)18-28-16-20(2)33-21(3)17-28/h6-13,19-21H,4-5,14-18H2,1-3H3,(H,27,30). The number of piperidine rings is 1. The third-order valence-corrected chi connectivity index (χ3v) is 8.37. The SMILES string of the molecule is CC1CCCN(S(=O)(=O)c2ccc(NC(=O)c3ccc(CN4CC(C)OC(C)C4)cc3)cc2)C1. The molecule has 4 rings (SSSR count). The van der Waals surface area contributed by atoms with Crippen molar-refractivity contribution in [1.29, 1.82) is 0 Å². The van der Waals surface area contributed by atoms with Gasteiger partial charge in [-0.1, -0.05) is 19.1 Å². The number of nitrogens with zero attached hydrogens (tertiary/aromatic N) is 2. The molecule has 0 saturated carbocycles. The zero-order valence-corrected chi connectivity index (χ0v) is 21.1. The molecule has 2 aliphatic heterocycles. The number of ether oxygens (including phenoxy) is 1. The van der Waals surface area contributed by atoms with E-state index in [0.717, 1.165) is 38.0 Å². The smallest absolute Gasteiger partial charge is 0.255 e. The van der Waals surface area contributed by atoms with Gasteiger partial charge in [0.1, 0.15) is 0 Å². The summed E-state index contributed by atoms with van der Waals surface area (Å²) in [4.78, 5) is 15.3. The quantitative estimate of drug-likeness (QED) is 0.670. The molecular weight excluding hydrogens is 450 g/mol. The summed E-state index contributed by atoms with van der Waals surface area (Å²) in [5.74, 6) is 0.148. The number of rotatable bonds is 6. The molecule has 2 heterocycles. The summed E-state index contributed by atoms with van der Waals surface area (Å²) in [6.07, 6.45) is 2.39. The Morgan fingerprint density at radius 2 is 1.62 bits per heavy atom. The van der Waals surface area contributed by atoms with Crippen LogP contribution in [0.1, 0.15) is 49.5 Å². The Balaban J connectivity index is 1.35. The normalized spacial score (nSPS) is 24.6. The van der Waals surface area contributed by atoms with Gasteiger partial charge in [0.25, 0.3) is 5.91 Å². The number of anilines is 1. The number of carbonyl (C=O) groups is 1. The average molecular weight is 486 g/mol. The van der Waals surface area contributed by atoms with E-state index in [1.807, 2.05) is 24.3 Å². The van der Waals surface area contributed by atoms with Gasteiger partial charge in [-0.05, 0) is 74.6 Å². The highest BCUT2D eigenvalue weighted by Crippen LogP contribution is 2.24. The first-order chi connectivity index (χ1) is 16.2. The van der Waals surface area contributed by atoms with Crippen molar-refractivity contribution in [3.8, 4) is 0 Å². The van der Waals surface area contributed by atoms with Gasteiger partial charge in [0, 0.05) is 44.0 Å². The summed E-state index contributed by atoms with van der Waals surface area (Å²) in [6.45, 7) is 10.00. The third kappa shape index (κ3) is 6.05. The van der Waals surface area contributed by atoms with Crippen molar-refractivity contribution in [3.05, 3.63) is 59.7 Å². The fraction of sp³-hybridized carbons (Fsp3) is 0.500. The van der Waals surface area contributed by atoms with Gasteiger partial charge in [-0.25, -0.2) is 8.42 Å². The highest BCUT2D eigenvalue weighted by atomic mass is 32.2. The lowest BCUT2D eigenvalue weighted by atomic mass is 10.0. The van der Waals surface area contributed by atoms with Gasteiger partial charge < -0.3 is 10.1 Å². The summed E-state index contributed by atoms with van der Waals surface area (Å²) >= 11 is 0. The number of carbonyl (C=O) groups excluding carboxylic acids is 1. The Morgan fingerprint density at radius 1 is 0.971 bits per heavy atom. The second-order valence-electron chi connectivity index (χ2n) is 9.74. The van der Waals surface area contributed by atoms with E-state index in [2.05, 4.69) is 31.0 Å². The highest BCUT2D eigenvalue weighted by Gasteiger charge is 2.28. The first-order valence-electron chi connectivity index (χ1n) is 12.1. The average Bonchev–Trinajstić information content (AvgIpc) is 2.79. The highest BCUT2D eigenvalue weighted by molar-refractivity contribution is 7.89. The minimum atomic E-state index is -3.51. The van der Waals surface area contributed by atoms with Crippen LogP contribution in [0, 0.1) is 5.92 Å². The summed E-state index contributed by atoms with van der Waals surface area (Å²) in [6, 6.07) is 14.0. The van der Waals surface area contributed by atoms with Crippen molar-refractivity contribution >= 4 is 21.6 Å². The van der Waals surface area contributed by atoms with Crippen LogP contribution in [0.25, 0.3) is 0 Å². The zero-order chi connectivity index (χ0) is 24.3. The molecule has 0 radical (unpaired) electrons. The molecule has 0 aliphatic carbocycles. The van der Waals surface area contributed by atoms with E-state index in [0.29, 0.717) is 30.3 Å². The summed E-state index contributed by atoms with van der Waals surface area (Å²) in [5.41, 5.74) is 2.28. The van der Waals surface area contributed by atoms with Crippen molar-refractivity contribution in [2.45, 2.75) is 57.3 Å². The van der Waals surface area contributed by atoms with Crippen LogP contribution in [0.3, 0.4) is 0 Å². The second-order valence-corrected chi connectivity index (χ2v) is 11.7. The molecule has 0 spiro atoms. The van der Waals surface area contributed by atoms with Gasteiger partial charge >= 0.3 is 0 Å². The van der Waals surface area contributed by atoms with Crippen LogP contribution in [0.15, 0.2) is 53.4 Å². The van der Waals surface area contributed by atoms with Gasteiger partial charge in [0.15, 0.2) is 0 Å². The topological polar surface area (TPSA) is 79.0 Å². The predicted octanol–water partition coefficient (Wildman–Crippen LogP) is 3.97. The Morgan fingerprint density at radius 3 is 2.24 bits per heavy atom. The fourth-order valence-electron chi connectivity index (χ4n) is 4.86. The lowest BCUT2D eigenvalue weighted by Crippen LogP contribution is -2.44. The molecular formula is C26H35N3O4S. The van der Waals surface area contributed by atoms with Gasteiger partial charge in [0.05, 0.1) is 17.1 Å². The van der Waals surface area contributed by atoms with Crippen LogP contribution in [0.2, 0.25) is 0 Å². The molecule has 0 aromatic heterocycles. The van der Waals surface area contributed by atoms with E-state index >= 15 is 0 Å². The molecule has 2 aromatic rings. The molecule has 2 aliphatic rings. The Kier molecular flexibility index (Phi) is 7.72. The van der Waals surface area contributed by atoms with Crippen molar-refractivity contribution in [2.24, 2.45) is 5.92 Å². The number of nitrogens with one attached hydrogen (secondary N) is 1. The largest absolute Gasteiger partial charge is 0.373 e. The van der Waals surface area contributed by atoms with Crippen LogP contribution in [-0.2, 0) is 21.3 Å². The van der Waals surface area contributed by atoms with Crippen molar-refractivity contribution < 1.29 is 17.9 Å². The molecule has 0 bridgehead atoms. The molecule has 1 amide bonds.